The SMILES string of the molecule is CN(C(=O)[C@@H]1CC=CCC1)c1ccc2c(c1)OCO2. The predicted octanol–water partition coefficient (Wildman–Crippen LogP) is 2.73. The fourth-order valence-electron chi connectivity index (χ4n) is 2.51. The van der Waals surface area contributed by atoms with Gasteiger partial charge in [0.05, 0.1) is 0 Å². The number of benzene rings is 1. The van der Waals surface area contributed by atoms with Crippen LogP contribution < -0.4 is 14.4 Å². The monoisotopic (exact) mass is 259 g/mol. The molecular formula is C15H17NO3. The standard InChI is InChI=1S/C15H17NO3/c1-16(15(17)11-5-3-2-4-6-11)12-7-8-13-14(9-12)19-10-18-13/h2-3,7-9,11H,4-6,10H2,1H3/t11-/m1/s1. The van der Waals surface area contributed by atoms with Crippen molar-refractivity contribution in [3.8, 4) is 11.5 Å². The molecule has 0 aromatic heterocycles. The number of allylic oxidation sites excluding steroid dienone is 2. The Bertz CT molecular complexity index is 524. The van der Waals surface area contributed by atoms with E-state index < -0.39 is 0 Å². The minimum absolute atomic E-state index is 0.0976. The molecule has 0 spiro atoms. The summed E-state index contributed by atoms with van der Waals surface area (Å²) < 4.78 is 10.6. The first-order valence-electron chi connectivity index (χ1n) is 6.58. The molecule has 0 bridgehead atoms. The first-order valence-corrected chi connectivity index (χ1v) is 6.58. The molecule has 1 aliphatic carbocycles. The maximum atomic E-state index is 12.4. The van der Waals surface area contributed by atoms with Crippen LogP contribution in [0.25, 0.3) is 0 Å². The molecule has 19 heavy (non-hydrogen) atoms. The van der Waals surface area contributed by atoms with Crippen molar-refractivity contribution in [2.45, 2.75) is 19.3 Å². The summed E-state index contributed by atoms with van der Waals surface area (Å²) in [7, 11) is 1.82. The Morgan fingerprint density at radius 3 is 2.89 bits per heavy atom. The van der Waals surface area contributed by atoms with E-state index >= 15 is 0 Å². The fourth-order valence-corrected chi connectivity index (χ4v) is 2.51. The second-order valence-electron chi connectivity index (χ2n) is 4.92. The highest BCUT2D eigenvalue weighted by Gasteiger charge is 2.24. The van der Waals surface area contributed by atoms with Crippen LogP contribution in [0, 0.1) is 5.92 Å². The third kappa shape index (κ3) is 2.30. The summed E-state index contributed by atoms with van der Waals surface area (Å²) >= 11 is 0. The summed E-state index contributed by atoms with van der Waals surface area (Å²) in [6.07, 6.45) is 7.01. The number of hydrogen-bond donors (Lipinski definition) is 0. The van der Waals surface area contributed by atoms with E-state index in [4.69, 9.17) is 9.47 Å². The van der Waals surface area contributed by atoms with Gasteiger partial charge < -0.3 is 14.4 Å². The van der Waals surface area contributed by atoms with Crippen molar-refractivity contribution in [3.05, 3.63) is 30.4 Å². The Balaban J connectivity index is 1.77. The zero-order valence-electron chi connectivity index (χ0n) is 11.0. The maximum Gasteiger partial charge on any atom is 0.231 e. The van der Waals surface area contributed by atoms with Crippen molar-refractivity contribution in [2.75, 3.05) is 18.7 Å². The molecule has 0 N–H and O–H groups in total. The molecule has 0 fully saturated rings. The molecular weight excluding hydrogens is 242 g/mol. The lowest BCUT2D eigenvalue weighted by atomic mass is 9.93. The van der Waals surface area contributed by atoms with Crippen LogP contribution in [-0.2, 0) is 4.79 Å². The van der Waals surface area contributed by atoms with E-state index in [0.717, 1.165) is 30.7 Å². The number of carbonyl (C=O) groups excluding carboxylic acids is 1. The zero-order valence-corrected chi connectivity index (χ0v) is 11.0. The van der Waals surface area contributed by atoms with Gasteiger partial charge in [-0.3, -0.25) is 4.79 Å². The first kappa shape index (κ1) is 12.1. The number of nitrogens with zero attached hydrogens (tertiary/aromatic N) is 1. The lowest BCUT2D eigenvalue weighted by Crippen LogP contribution is -2.33. The first-order chi connectivity index (χ1) is 9.25. The highest BCUT2D eigenvalue weighted by Crippen LogP contribution is 2.35. The van der Waals surface area contributed by atoms with Gasteiger partial charge in [0, 0.05) is 24.7 Å². The number of carbonyl (C=O) groups is 1. The molecule has 1 aliphatic heterocycles. The van der Waals surface area contributed by atoms with Crippen LogP contribution in [-0.4, -0.2) is 19.7 Å². The number of anilines is 1. The highest BCUT2D eigenvalue weighted by molar-refractivity contribution is 5.95. The molecule has 1 amide bonds. The number of amides is 1. The molecule has 4 nitrogen and oxygen atoms in total. The van der Waals surface area contributed by atoms with E-state index in [-0.39, 0.29) is 18.6 Å². The van der Waals surface area contributed by atoms with Crippen LogP contribution in [0.4, 0.5) is 5.69 Å². The van der Waals surface area contributed by atoms with Gasteiger partial charge >= 0.3 is 0 Å². The lowest BCUT2D eigenvalue weighted by Gasteiger charge is -2.24. The third-order valence-electron chi connectivity index (χ3n) is 3.69. The number of ether oxygens (including phenoxy) is 2. The molecule has 1 aromatic rings. The van der Waals surface area contributed by atoms with E-state index in [1.165, 1.54) is 0 Å². The van der Waals surface area contributed by atoms with Gasteiger partial charge in [-0.2, -0.15) is 0 Å². The third-order valence-corrected chi connectivity index (χ3v) is 3.69. The zero-order chi connectivity index (χ0) is 13.2. The van der Waals surface area contributed by atoms with Gasteiger partial charge in [0.2, 0.25) is 12.7 Å². The van der Waals surface area contributed by atoms with Crippen molar-refractivity contribution in [1.29, 1.82) is 0 Å². The van der Waals surface area contributed by atoms with E-state index in [0.29, 0.717) is 5.75 Å². The van der Waals surface area contributed by atoms with E-state index in [1.54, 1.807) is 4.90 Å². The van der Waals surface area contributed by atoms with Crippen LogP contribution >= 0.6 is 0 Å². The topological polar surface area (TPSA) is 38.8 Å². The van der Waals surface area contributed by atoms with Crippen molar-refractivity contribution in [1.82, 2.24) is 0 Å². The largest absolute Gasteiger partial charge is 0.454 e. The average molecular weight is 259 g/mol. The van der Waals surface area contributed by atoms with Crippen LogP contribution in [0.2, 0.25) is 0 Å². The van der Waals surface area contributed by atoms with Crippen LogP contribution in [0.3, 0.4) is 0 Å². The quantitative estimate of drug-likeness (QED) is 0.766. The van der Waals surface area contributed by atoms with Gasteiger partial charge in [-0.05, 0) is 31.4 Å². The minimum atomic E-state index is 0.0976. The average Bonchev–Trinajstić information content (AvgIpc) is 2.94. The smallest absolute Gasteiger partial charge is 0.231 e. The van der Waals surface area contributed by atoms with E-state index in [1.807, 2.05) is 25.2 Å². The lowest BCUT2D eigenvalue weighted by molar-refractivity contribution is -0.122. The molecule has 4 heteroatoms. The Labute approximate surface area is 112 Å². The van der Waals surface area contributed by atoms with Crippen LogP contribution in [0.5, 0.6) is 11.5 Å². The van der Waals surface area contributed by atoms with Crippen molar-refractivity contribution in [2.24, 2.45) is 5.92 Å². The second-order valence-corrected chi connectivity index (χ2v) is 4.92. The number of hydrogen-bond acceptors (Lipinski definition) is 3. The summed E-state index contributed by atoms with van der Waals surface area (Å²) in [4.78, 5) is 14.1. The van der Waals surface area contributed by atoms with Crippen molar-refractivity contribution < 1.29 is 14.3 Å². The van der Waals surface area contributed by atoms with Gasteiger partial charge in [-0.15, -0.1) is 0 Å². The Hall–Kier alpha value is -1.97. The fraction of sp³-hybridized carbons (Fsp3) is 0.400. The van der Waals surface area contributed by atoms with Crippen molar-refractivity contribution >= 4 is 11.6 Å². The highest BCUT2D eigenvalue weighted by atomic mass is 16.7. The van der Waals surface area contributed by atoms with Gasteiger partial charge in [-0.25, -0.2) is 0 Å². The molecule has 1 atom stereocenters. The normalized spacial score (nSPS) is 20.4. The summed E-state index contributed by atoms with van der Waals surface area (Å²) in [5.74, 6) is 1.72. The van der Waals surface area contributed by atoms with Gasteiger partial charge in [0.1, 0.15) is 0 Å². The Kier molecular flexibility index (Phi) is 3.15. The summed E-state index contributed by atoms with van der Waals surface area (Å²) in [6.45, 7) is 0.254. The Morgan fingerprint density at radius 2 is 2.11 bits per heavy atom. The van der Waals surface area contributed by atoms with Crippen molar-refractivity contribution in [3.63, 3.8) is 0 Å². The molecule has 0 saturated heterocycles. The van der Waals surface area contributed by atoms with E-state index in [9.17, 15) is 4.79 Å². The molecule has 0 saturated carbocycles. The molecule has 2 aliphatic rings. The van der Waals surface area contributed by atoms with Gasteiger partial charge in [0.15, 0.2) is 11.5 Å². The maximum absolute atomic E-state index is 12.4. The van der Waals surface area contributed by atoms with Crippen LogP contribution in [0.1, 0.15) is 19.3 Å². The minimum Gasteiger partial charge on any atom is -0.454 e. The second kappa shape index (κ2) is 4.96. The molecule has 1 aromatic carbocycles. The molecule has 1 heterocycles. The summed E-state index contributed by atoms with van der Waals surface area (Å²) in [6, 6.07) is 5.60. The number of fused-ring (bicyclic) bond motifs is 1. The van der Waals surface area contributed by atoms with Gasteiger partial charge in [-0.1, -0.05) is 12.2 Å². The summed E-state index contributed by atoms with van der Waals surface area (Å²) in [5.41, 5.74) is 0.851. The molecule has 3 rings (SSSR count). The molecule has 0 radical (unpaired) electrons. The Morgan fingerprint density at radius 1 is 1.26 bits per heavy atom. The molecule has 100 valence electrons. The summed E-state index contributed by atoms with van der Waals surface area (Å²) in [5, 5.41) is 0. The number of rotatable bonds is 2. The molecule has 0 unspecified atom stereocenters. The van der Waals surface area contributed by atoms with Gasteiger partial charge in [0.25, 0.3) is 0 Å². The van der Waals surface area contributed by atoms with E-state index in [2.05, 4.69) is 12.2 Å². The van der Waals surface area contributed by atoms with Crippen LogP contribution in [0.15, 0.2) is 30.4 Å². The predicted molar refractivity (Wildman–Crippen MR) is 72.5 cm³/mol.